The molecule has 2 heterocycles. The predicted octanol–water partition coefficient (Wildman–Crippen LogP) is 2.02. The van der Waals surface area contributed by atoms with E-state index in [4.69, 9.17) is 10.5 Å². The fourth-order valence-corrected chi connectivity index (χ4v) is 6.80. The number of piperidine rings is 1. The highest BCUT2D eigenvalue weighted by Gasteiger charge is 2.49. The Morgan fingerprint density at radius 3 is 2.72 bits per heavy atom. The first-order chi connectivity index (χ1) is 13.8. The molecule has 1 aromatic heterocycles. The Labute approximate surface area is 173 Å². The van der Waals surface area contributed by atoms with Crippen molar-refractivity contribution in [1.29, 1.82) is 0 Å². The molecule has 0 saturated carbocycles. The SMILES string of the molecule is NC(=O)C1(OC(=O)C2CCCN(S(=O)(=O)c3cccs3)C2)CCc2ccccc21. The minimum atomic E-state index is -3.64. The first-order valence-electron chi connectivity index (χ1n) is 9.49. The molecule has 1 amide bonds. The van der Waals surface area contributed by atoms with Crippen LogP contribution in [-0.2, 0) is 36.4 Å². The van der Waals surface area contributed by atoms with Gasteiger partial charge in [0.2, 0.25) is 5.60 Å². The Hall–Kier alpha value is -2.23. The van der Waals surface area contributed by atoms with Gasteiger partial charge in [-0.05, 0) is 36.3 Å². The van der Waals surface area contributed by atoms with Crippen molar-refractivity contribution in [2.45, 2.75) is 35.5 Å². The van der Waals surface area contributed by atoms with Crippen LogP contribution in [0.1, 0.15) is 30.4 Å². The molecule has 1 aromatic carbocycles. The van der Waals surface area contributed by atoms with E-state index < -0.39 is 33.4 Å². The van der Waals surface area contributed by atoms with Crippen molar-refractivity contribution in [1.82, 2.24) is 4.31 Å². The molecule has 2 N–H and O–H groups in total. The summed E-state index contributed by atoms with van der Waals surface area (Å²) >= 11 is 1.15. The number of benzene rings is 1. The van der Waals surface area contributed by atoms with Crippen molar-refractivity contribution in [2.75, 3.05) is 13.1 Å². The molecule has 1 fully saturated rings. The summed E-state index contributed by atoms with van der Waals surface area (Å²) in [7, 11) is -3.64. The van der Waals surface area contributed by atoms with Gasteiger partial charge in [0.05, 0.1) is 5.92 Å². The zero-order valence-corrected chi connectivity index (χ0v) is 17.4. The van der Waals surface area contributed by atoms with Gasteiger partial charge < -0.3 is 10.5 Å². The van der Waals surface area contributed by atoms with Gasteiger partial charge in [-0.15, -0.1) is 11.3 Å². The van der Waals surface area contributed by atoms with Gasteiger partial charge in [-0.25, -0.2) is 8.42 Å². The lowest BCUT2D eigenvalue weighted by atomic mass is 9.93. The number of fused-ring (bicyclic) bond motifs is 1. The molecule has 0 radical (unpaired) electrons. The second-order valence-corrected chi connectivity index (χ2v) is 10.5. The van der Waals surface area contributed by atoms with Crippen molar-refractivity contribution in [3.8, 4) is 0 Å². The highest BCUT2D eigenvalue weighted by atomic mass is 32.2. The minimum absolute atomic E-state index is 0.0373. The maximum Gasteiger partial charge on any atom is 0.311 e. The van der Waals surface area contributed by atoms with Gasteiger partial charge in [0, 0.05) is 25.1 Å². The largest absolute Gasteiger partial charge is 0.444 e. The van der Waals surface area contributed by atoms with Crippen molar-refractivity contribution in [3.05, 3.63) is 52.9 Å². The number of rotatable bonds is 5. The average Bonchev–Trinajstić information content (AvgIpc) is 3.38. The number of amides is 1. The topological polar surface area (TPSA) is 107 Å². The molecule has 2 atom stereocenters. The molecule has 7 nitrogen and oxygen atoms in total. The number of thiophene rings is 1. The predicted molar refractivity (Wildman–Crippen MR) is 108 cm³/mol. The van der Waals surface area contributed by atoms with E-state index in [9.17, 15) is 18.0 Å². The third kappa shape index (κ3) is 3.47. The lowest BCUT2D eigenvalue weighted by Gasteiger charge is -2.33. The summed E-state index contributed by atoms with van der Waals surface area (Å²) in [5.41, 5.74) is 5.74. The van der Waals surface area contributed by atoms with E-state index in [2.05, 4.69) is 0 Å². The summed E-state index contributed by atoms with van der Waals surface area (Å²) in [5.74, 6) is -1.91. The number of primary amides is 1. The summed E-state index contributed by atoms with van der Waals surface area (Å²) in [6, 6.07) is 10.5. The second-order valence-electron chi connectivity index (χ2n) is 7.40. The molecule has 2 aliphatic rings. The molecule has 1 saturated heterocycles. The number of ether oxygens (including phenoxy) is 1. The fraction of sp³-hybridized carbons (Fsp3) is 0.400. The Balaban J connectivity index is 1.55. The number of aryl methyl sites for hydroxylation is 1. The maximum absolute atomic E-state index is 13.0. The van der Waals surface area contributed by atoms with Crippen LogP contribution in [0.4, 0.5) is 0 Å². The summed E-state index contributed by atoms with van der Waals surface area (Å²) in [6.07, 6.45) is 1.95. The van der Waals surface area contributed by atoms with Gasteiger partial charge in [-0.2, -0.15) is 4.31 Å². The van der Waals surface area contributed by atoms with E-state index in [0.29, 0.717) is 37.8 Å². The van der Waals surface area contributed by atoms with Crippen molar-refractivity contribution >= 4 is 33.2 Å². The molecular formula is C20H22N2O5S2. The first-order valence-corrected chi connectivity index (χ1v) is 11.8. The number of nitrogens with zero attached hydrogens (tertiary/aromatic N) is 1. The molecule has 0 bridgehead atoms. The Kier molecular flexibility index (Phi) is 5.22. The summed E-state index contributed by atoms with van der Waals surface area (Å²) in [4.78, 5) is 25.3. The first kappa shape index (κ1) is 20.1. The van der Waals surface area contributed by atoms with Crippen LogP contribution in [0, 0.1) is 5.92 Å². The monoisotopic (exact) mass is 434 g/mol. The molecule has 0 spiro atoms. The van der Waals surface area contributed by atoms with Crippen LogP contribution in [0.5, 0.6) is 0 Å². The number of sulfonamides is 1. The van der Waals surface area contributed by atoms with Crippen LogP contribution in [0.15, 0.2) is 46.0 Å². The van der Waals surface area contributed by atoms with Crippen molar-refractivity contribution in [3.63, 3.8) is 0 Å². The molecule has 4 rings (SSSR count). The number of esters is 1. The van der Waals surface area contributed by atoms with Crippen LogP contribution < -0.4 is 5.73 Å². The van der Waals surface area contributed by atoms with E-state index in [-0.39, 0.29) is 10.8 Å². The summed E-state index contributed by atoms with van der Waals surface area (Å²) in [6.45, 7) is 0.392. The zero-order chi connectivity index (χ0) is 20.6. The van der Waals surface area contributed by atoms with Crippen LogP contribution in [0.3, 0.4) is 0 Å². The van der Waals surface area contributed by atoms with Gasteiger partial charge in [0.1, 0.15) is 4.21 Å². The maximum atomic E-state index is 13.0. The standard InChI is InChI=1S/C20H22N2O5S2/c21-19(24)20(10-9-14-5-1-2-7-16(14)20)27-18(23)15-6-3-11-22(13-15)29(25,26)17-8-4-12-28-17/h1-2,4-5,7-8,12,15H,3,6,9-11,13H2,(H2,21,24). The highest BCUT2D eigenvalue weighted by Crippen LogP contribution is 2.41. The smallest absolute Gasteiger partial charge is 0.311 e. The van der Waals surface area contributed by atoms with Crippen molar-refractivity contribution in [2.24, 2.45) is 11.7 Å². The quantitative estimate of drug-likeness (QED) is 0.725. The molecule has 154 valence electrons. The van der Waals surface area contributed by atoms with E-state index >= 15 is 0 Å². The van der Waals surface area contributed by atoms with Crippen LogP contribution >= 0.6 is 11.3 Å². The van der Waals surface area contributed by atoms with Crippen LogP contribution in [-0.4, -0.2) is 37.7 Å². The summed E-state index contributed by atoms with van der Waals surface area (Å²) in [5, 5.41) is 1.71. The van der Waals surface area contributed by atoms with Crippen LogP contribution in [0.25, 0.3) is 0 Å². The number of hydrogen-bond donors (Lipinski definition) is 1. The summed E-state index contributed by atoms with van der Waals surface area (Å²) < 4.78 is 32.9. The van der Waals surface area contributed by atoms with E-state index in [0.717, 1.165) is 16.9 Å². The molecule has 29 heavy (non-hydrogen) atoms. The third-order valence-corrected chi connectivity index (χ3v) is 8.92. The van der Waals surface area contributed by atoms with Gasteiger partial charge in [-0.1, -0.05) is 30.3 Å². The Bertz CT molecular complexity index is 1030. The molecule has 9 heteroatoms. The number of hydrogen-bond acceptors (Lipinski definition) is 6. The van der Waals surface area contributed by atoms with Gasteiger partial charge in [0.15, 0.2) is 0 Å². The number of carbonyl (C=O) groups is 2. The Morgan fingerprint density at radius 1 is 1.21 bits per heavy atom. The molecule has 1 aliphatic heterocycles. The van der Waals surface area contributed by atoms with E-state index in [1.54, 1.807) is 29.6 Å². The second kappa shape index (κ2) is 7.55. The lowest BCUT2D eigenvalue weighted by molar-refractivity contribution is -0.173. The molecule has 1 aliphatic carbocycles. The van der Waals surface area contributed by atoms with Gasteiger partial charge in [0.25, 0.3) is 15.9 Å². The highest BCUT2D eigenvalue weighted by molar-refractivity contribution is 7.91. The number of carbonyl (C=O) groups excluding carboxylic acids is 2. The Morgan fingerprint density at radius 2 is 2.00 bits per heavy atom. The van der Waals surface area contributed by atoms with E-state index in [1.807, 2.05) is 12.1 Å². The molecule has 2 unspecified atom stereocenters. The van der Waals surface area contributed by atoms with E-state index in [1.165, 1.54) is 4.31 Å². The molecular weight excluding hydrogens is 412 g/mol. The number of nitrogens with two attached hydrogens (primary N) is 1. The normalized spacial score (nSPS) is 24.8. The van der Waals surface area contributed by atoms with Gasteiger partial charge >= 0.3 is 5.97 Å². The lowest BCUT2D eigenvalue weighted by Crippen LogP contribution is -2.47. The third-order valence-electron chi connectivity index (χ3n) is 5.68. The average molecular weight is 435 g/mol. The minimum Gasteiger partial charge on any atom is -0.444 e. The zero-order valence-electron chi connectivity index (χ0n) is 15.7. The molecule has 2 aromatic rings. The fourth-order valence-electron chi connectivity index (χ4n) is 4.14. The van der Waals surface area contributed by atoms with Crippen LogP contribution in [0.2, 0.25) is 0 Å². The van der Waals surface area contributed by atoms with Gasteiger partial charge in [-0.3, -0.25) is 9.59 Å². The van der Waals surface area contributed by atoms with Crippen molar-refractivity contribution < 1.29 is 22.7 Å².